The Morgan fingerprint density at radius 1 is 1.00 bits per heavy atom. The van der Waals surface area contributed by atoms with E-state index in [1.165, 1.54) is 18.2 Å². The molecule has 1 aromatic heterocycles. The average Bonchev–Trinajstić information content (AvgIpc) is 3.46. The Morgan fingerprint density at radius 2 is 1.76 bits per heavy atom. The molecule has 8 nitrogen and oxygen atoms in total. The molecule has 1 aliphatic heterocycles. The smallest absolute Gasteiger partial charge is 0.338 e. The Bertz CT molecular complexity index is 1720. The van der Waals surface area contributed by atoms with E-state index < -0.39 is 6.04 Å². The van der Waals surface area contributed by atoms with Gasteiger partial charge in [0.1, 0.15) is 18.8 Å². The number of esters is 1. The van der Waals surface area contributed by atoms with Crippen molar-refractivity contribution in [2.45, 2.75) is 75.6 Å². The third-order valence-electron chi connectivity index (χ3n) is 8.34. The van der Waals surface area contributed by atoms with Crippen LogP contribution in [0.4, 0.5) is 5.95 Å². The molecule has 45 heavy (non-hydrogen) atoms. The summed E-state index contributed by atoms with van der Waals surface area (Å²) in [6.45, 7) is 4.36. The molecule has 1 unspecified atom stereocenters. The fraction of sp³-hybridized carbons (Fsp3) is 0.343. The van der Waals surface area contributed by atoms with Gasteiger partial charge in [-0.3, -0.25) is 0 Å². The maximum atomic E-state index is 13.9. The molecule has 3 aromatic carbocycles. The van der Waals surface area contributed by atoms with Gasteiger partial charge in [0.05, 0.1) is 12.7 Å². The van der Waals surface area contributed by atoms with Gasteiger partial charge in [-0.25, -0.2) is 9.48 Å². The van der Waals surface area contributed by atoms with Crippen molar-refractivity contribution >= 4 is 35.3 Å². The molecule has 234 valence electrons. The standard InChI is InChI=1S/C35H37ClN4O4S/c1-22-11-7-8-12-25(22)20-43-29-18-17-24(19-30(29)42-3)32-31(33(41)44-27-14-5-4-6-15-27)23(2)37-34-38-35(39-40(32)34)45-21-26-13-9-10-16-28(26)36/h7-13,16-19,27,32H,4-6,14-15,20-21H2,1-3H3,(H,37,38,39). The van der Waals surface area contributed by atoms with Gasteiger partial charge in [0.15, 0.2) is 11.5 Å². The number of hydrogen-bond acceptors (Lipinski definition) is 8. The minimum absolute atomic E-state index is 0.0853. The van der Waals surface area contributed by atoms with Crippen LogP contribution in [0.3, 0.4) is 0 Å². The van der Waals surface area contributed by atoms with Crippen molar-refractivity contribution in [3.8, 4) is 11.5 Å². The summed E-state index contributed by atoms with van der Waals surface area (Å²) >= 11 is 7.89. The van der Waals surface area contributed by atoms with E-state index in [-0.39, 0.29) is 12.1 Å². The van der Waals surface area contributed by atoms with Crippen LogP contribution in [0.2, 0.25) is 5.02 Å². The summed E-state index contributed by atoms with van der Waals surface area (Å²) in [6, 6.07) is 21.0. The summed E-state index contributed by atoms with van der Waals surface area (Å²) in [6.07, 6.45) is 4.99. The zero-order valence-electron chi connectivity index (χ0n) is 25.7. The van der Waals surface area contributed by atoms with Gasteiger partial charge in [0, 0.05) is 16.5 Å². The summed E-state index contributed by atoms with van der Waals surface area (Å²) < 4.78 is 19.9. The number of nitrogens with one attached hydrogen (secondary N) is 1. The lowest BCUT2D eigenvalue weighted by Gasteiger charge is -2.30. The molecule has 4 aromatic rings. The normalized spacial score (nSPS) is 16.6. The molecule has 0 saturated heterocycles. The lowest BCUT2D eigenvalue weighted by Crippen LogP contribution is -2.32. The predicted octanol–water partition coefficient (Wildman–Crippen LogP) is 8.28. The zero-order valence-corrected chi connectivity index (χ0v) is 27.3. The van der Waals surface area contributed by atoms with Gasteiger partial charge in [-0.2, -0.15) is 4.98 Å². The van der Waals surface area contributed by atoms with Gasteiger partial charge in [-0.1, -0.05) is 78.3 Å². The van der Waals surface area contributed by atoms with E-state index in [0.717, 1.165) is 47.9 Å². The summed E-state index contributed by atoms with van der Waals surface area (Å²) in [5.41, 5.74) is 5.24. The van der Waals surface area contributed by atoms with Crippen molar-refractivity contribution < 1.29 is 19.0 Å². The van der Waals surface area contributed by atoms with Crippen LogP contribution in [0, 0.1) is 6.92 Å². The molecular formula is C35H37ClN4O4S. The predicted molar refractivity (Wildman–Crippen MR) is 177 cm³/mol. The second kappa shape index (κ2) is 14.0. The number of nitrogens with zero attached hydrogens (tertiary/aromatic N) is 3. The van der Waals surface area contributed by atoms with Crippen LogP contribution in [0.25, 0.3) is 0 Å². The first kappa shape index (κ1) is 31.0. The Balaban J connectivity index is 1.32. The van der Waals surface area contributed by atoms with Gasteiger partial charge in [0.2, 0.25) is 11.1 Å². The van der Waals surface area contributed by atoms with Crippen molar-refractivity contribution in [2.75, 3.05) is 12.4 Å². The van der Waals surface area contributed by atoms with Gasteiger partial charge >= 0.3 is 5.97 Å². The highest BCUT2D eigenvalue weighted by molar-refractivity contribution is 7.98. The number of halogens is 1. The molecule has 6 rings (SSSR count). The lowest BCUT2D eigenvalue weighted by atomic mass is 9.94. The monoisotopic (exact) mass is 644 g/mol. The van der Waals surface area contributed by atoms with E-state index in [1.54, 1.807) is 11.8 Å². The highest BCUT2D eigenvalue weighted by Crippen LogP contribution is 2.41. The Morgan fingerprint density at radius 3 is 2.51 bits per heavy atom. The Kier molecular flexibility index (Phi) is 9.66. The highest BCUT2D eigenvalue weighted by Gasteiger charge is 2.37. The van der Waals surface area contributed by atoms with Crippen LogP contribution in [0.15, 0.2) is 83.2 Å². The first-order chi connectivity index (χ1) is 21.9. The number of carbonyl (C=O) groups excluding carboxylic acids is 1. The van der Waals surface area contributed by atoms with E-state index >= 15 is 0 Å². The van der Waals surface area contributed by atoms with Crippen molar-refractivity contribution in [1.82, 2.24) is 14.8 Å². The topological polar surface area (TPSA) is 87.5 Å². The third kappa shape index (κ3) is 6.99. The summed E-state index contributed by atoms with van der Waals surface area (Å²) in [4.78, 5) is 18.7. The molecule has 0 amide bonds. The number of aromatic nitrogens is 3. The van der Waals surface area contributed by atoms with E-state index in [4.69, 9.17) is 35.9 Å². The maximum absolute atomic E-state index is 13.9. The van der Waals surface area contributed by atoms with Crippen LogP contribution in [-0.4, -0.2) is 33.9 Å². The molecule has 2 heterocycles. The molecule has 0 spiro atoms. The molecule has 1 saturated carbocycles. The molecule has 1 N–H and O–H groups in total. The summed E-state index contributed by atoms with van der Waals surface area (Å²) in [7, 11) is 1.62. The molecular weight excluding hydrogens is 608 g/mol. The Labute approximate surface area is 273 Å². The fourth-order valence-electron chi connectivity index (χ4n) is 5.82. The minimum atomic E-state index is -0.584. The minimum Gasteiger partial charge on any atom is -0.493 e. The van der Waals surface area contributed by atoms with E-state index in [1.807, 2.05) is 61.5 Å². The number of fused-ring (bicyclic) bond motifs is 1. The van der Waals surface area contributed by atoms with E-state index in [9.17, 15) is 4.79 Å². The molecule has 10 heteroatoms. The van der Waals surface area contributed by atoms with Gasteiger partial charge in [-0.05, 0) is 80.0 Å². The van der Waals surface area contributed by atoms with Crippen molar-refractivity contribution in [3.05, 3.63) is 105 Å². The number of ether oxygens (including phenoxy) is 3. The number of hydrogen-bond donors (Lipinski definition) is 1. The highest BCUT2D eigenvalue weighted by atomic mass is 35.5. The number of benzene rings is 3. The largest absolute Gasteiger partial charge is 0.493 e. The number of aryl methyl sites for hydroxylation is 1. The van der Waals surface area contributed by atoms with Crippen LogP contribution in [0.5, 0.6) is 11.5 Å². The molecule has 1 aliphatic carbocycles. The fourth-order valence-corrected chi connectivity index (χ4v) is 6.94. The summed E-state index contributed by atoms with van der Waals surface area (Å²) in [5.74, 6) is 1.99. The molecule has 0 bridgehead atoms. The molecule has 0 radical (unpaired) electrons. The number of thioether (sulfide) groups is 1. The number of rotatable bonds is 10. The van der Waals surface area contributed by atoms with Crippen molar-refractivity contribution in [3.63, 3.8) is 0 Å². The van der Waals surface area contributed by atoms with Crippen LogP contribution < -0.4 is 14.8 Å². The van der Waals surface area contributed by atoms with E-state index in [2.05, 4.69) is 24.4 Å². The van der Waals surface area contributed by atoms with Crippen LogP contribution in [-0.2, 0) is 21.9 Å². The zero-order chi connectivity index (χ0) is 31.3. The third-order valence-corrected chi connectivity index (χ3v) is 9.60. The van der Waals surface area contributed by atoms with Crippen LogP contribution in [0.1, 0.15) is 67.3 Å². The number of carbonyl (C=O) groups is 1. The van der Waals surface area contributed by atoms with Gasteiger partial charge in [-0.15, -0.1) is 5.10 Å². The second-order valence-electron chi connectivity index (χ2n) is 11.4. The maximum Gasteiger partial charge on any atom is 0.338 e. The second-order valence-corrected chi connectivity index (χ2v) is 12.7. The first-order valence-electron chi connectivity index (χ1n) is 15.3. The first-order valence-corrected chi connectivity index (χ1v) is 16.6. The SMILES string of the molecule is COc1cc(C2C(C(=O)OC3CCCCC3)=C(C)Nc3nc(SCc4ccccc4Cl)nn32)ccc1OCc1ccccc1C. The lowest BCUT2D eigenvalue weighted by molar-refractivity contribution is -0.146. The number of anilines is 1. The van der Waals surface area contributed by atoms with Gasteiger partial charge in [0.25, 0.3) is 0 Å². The quantitative estimate of drug-likeness (QED) is 0.136. The summed E-state index contributed by atoms with van der Waals surface area (Å²) in [5, 5.41) is 9.47. The molecule has 1 fully saturated rings. The van der Waals surface area contributed by atoms with Crippen molar-refractivity contribution in [1.29, 1.82) is 0 Å². The molecule has 2 aliphatic rings. The van der Waals surface area contributed by atoms with Crippen LogP contribution >= 0.6 is 23.4 Å². The molecule has 1 atom stereocenters. The van der Waals surface area contributed by atoms with Crippen molar-refractivity contribution in [2.24, 2.45) is 0 Å². The number of allylic oxidation sites excluding steroid dienone is 1. The van der Waals surface area contributed by atoms with Gasteiger partial charge < -0.3 is 19.5 Å². The van der Waals surface area contributed by atoms with E-state index in [0.29, 0.717) is 51.3 Å². The Hall–Kier alpha value is -3.95. The average molecular weight is 645 g/mol. The number of methoxy groups -OCH3 is 1.